The molecule has 0 atom stereocenters. The minimum absolute atomic E-state index is 0.199. The van der Waals surface area contributed by atoms with Gasteiger partial charge in [0.2, 0.25) is 0 Å². The van der Waals surface area contributed by atoms with E-state index in [0.29, 0.717) is 0 Å². The first-order valence-electron chi connectivity index (χ1n) is 1.56. The standard InChI is InChI=1S/C3H2O3S/c4-3-5-1-2(7)6-3/h1,7H. The third-order valence-corrected chi connectivity index (χ3v) is 0.641. The Morgan fingerprint density at radius 1 is 1.71 bits per heavy atom. The van der Waals surface area contributed by atoms with Crippen molar-refractivity contribution in [3.05, 3.63) is 16.9 Å². The molecular formula is C3H2O3S. The van der Waals surface area contributed by atoms with Crippen molar-refractivity contribution in [2.24, 2.45) is 0 Å². The molecule has 0 amide bonds. The van der Waals surface area contributed by atoms with E-state index in [0.717, 1.165) is 6.26 Å². The lowest BCUT2D eigenvalue weighted by Gasteiger charge is -1.62. The van der Waals surface area contributed by atoms with Crippen molar-refractivity contribution in [1.29, 1.82) is 0 Å². The molecule has 38 valence electrons. The Morgan fingerprint density at radius 3 is 2.57 bits per heavy atom. The van der Waals surface area contributed by atoms with Gasteiger partial charge in [-0.05, 0) is 0 Å². The molecule has 0 aliphatic carbocycles. The fourth-order valence-corrected chi connectivity index (χ4v) is 0.359. The van der Waals surface area contributed by atoms with Crippen LogP contribution in [-0.2, 0) is 0 Å². The monoisotopic (exact) mass is 118 g/mol. The van der Waals surface area contributed by atoms with Crippen molar-refractivity contribution in [2.45, 2.75) is 5.09 Å². The van der Waals surface area contributed by atoms with Crippen LogP contribution in [0.25, 0.3) is 0 Å². The molecule has 1 aromatic rings. The zero-order valence-electron chi connectivity index (χ0n) is 3.25. The summed E-state index contributed by atoms with van der Waals surface area (Å²) in [6.07, 6.45) is 1.13. The first kappa shape index (κ1) is 4.52. The van der Waals surface area contributed by atoms with Crippen LogP contribution in [0.5, 0.6) is 0 Å². The summed E-state index contributed by atoms with van der Waals surface area (Å²) in [5, 5.41) is 0.199. The third-order valence-electron chi connectivity index (χ3n) is 0.444. The van der Waals surface area contributed by atoms with E-state index in [4.69, 9.17) is 0 Å². The lowest BCUT2D eigenvalue weighted by Crippen LogP contribution is -1.84. The SMILES string of the molecule is O=c1occ(S)o1. The molecule has 0 aromatic carbocycles. The average molecular weight is 118 g/mol. The van der Waals surface area contributed by atoms with Gasteiger partial charge in [0.05, 0.1) is 0 Å². The molecule has 1 rings (SSSR count). The highest BCUT2D eigenvalue weighted by molar-refractivity contribution is 7.80. The van der Waals surface area contributed by atoms with Gasteiger partial charge >= 0.3 is 5.82 Å². The van der Waals surface area contributed by atoms with E-state index in [1.807, 2.05) is 0 Å². The number of hydrogen-bond donors (Lipinski definition) is 1. The summed E-state index contributed by atoms with van der Waals surface area (Å²) in [4.78, 5) is 9.91. The Morgan fingerprint density at radius 2 is 2.43 bits per heavy atom. The average Bonchev–Trinajstić information content (AvgIpc) is 1.87. The van der Waals surface area contributed by atoms with Crippen LogP contribution in [0.3, 0.4) is 0 Å². The van der Waals surface area contributed by atoms with E-state index in [-0.39, 0.29) is 5.09 Å². The molecular weight excluding hydrogens is 116 g/mol. The number of rotatable bonds is 0. The summed E-state index contributed by atoms with van der Waals surface area (Å²) < 4.78 is 8.39. The first-order chi connectivity index (χ1) is 3.29. The van der Waals surface area contributed by atoms with E-state index in [9.17, 15) is 4.79 Å². The van der Waals surface area contributed by atoms with Crippen molar-refractivity contribution in [3.8, 4) is 0 Å². The maximum atomic E-state index is 9.91. The second-order valence-corrected chi connectivity index (χ2v) is 1.37. The molecule has 3 nitrogen and oxygen atoms in total. The molecule has 0 aliphatic heterocycles. The van der Waals surface area contributed by atoms with E-state index in [1.165, 1.54) is 0 Å². The lowest BCUT2D eigenvalue weighted by molar-refractivity contribution is 0.359. The molecule has 0 radical (unpaired) electrons. The zero-order valence-corrected chi connectivity index (χ0v) is 4.14. The summed E-state index contributed by atoms with van der Waals surface area (Å²) in [5.41, 5.74) is 0. The number of hydrogen-bond acceptors (Lipinski definition) is 4. The highest BCUT2D eigenvalue weighted by atomic mass is 32.1. The summed E-state index contributed by atoms with van der Waals surface area (Å²) in [6, 6.07) is 0. The van der Waals surface area contributed by atoms with Crippen LogP contribution in [0, 0.1) is 0 Å². The van der Waals surface area contributed by atoms with Crippen LogP contribution >= 0.6 is 12.6 Å². The summed E-state index contributed by atoms with van der Waals surface area (Å²) >= 11 is 3.64. The Hall–Kier alpha value is -0.640. The van der Waals surface area contributed by atoms with Crippen molar-refractivity contribution in [1.82, 2.24) is 0 Å². The van der Waals surface area contributed by atoms with Crippen molar-refractivity contribution >= 4 is 12.6 Å². The molecule has 0 bridgehead atoms. The number of thiol groups is 1. The third kappa shape index (κ3) is 0.866. The minimum atomic E-state index is -0.718. The van der Waals surface area contributed by atoms with Gasteiger partial charge in [0.25, 0.3) is 0 Å². The highest BCUT2D eigenvalue weighted by Crippen LogP contribution is 1.97. The Balaban J connectivity index is 3.30. The Kier molecular flexibility index (Phi) is 0.941. The van der Waals surface area contributed by atoms with Gasteiger partial charge < -0.3 is 8.83 Å². The fourth-order valence-electron chi connectivity index (χ4n) is 0.232. The van der Waals surface area contributed by atoms with E-state index < -0.39 is 5.82 Å². The van der Waals surface area contributed by atoms with Gasteiger partial charge in [0.1, 0.15) is 6.26 Å². The van der Waals surface area contributed by atoms with Gasteiger partial charge in [-0.1, -0.05) is 0 Å². The van der Waals surface area contributed by atoms with Crippen LogP contribution in [0.4, 0.5) is 0 Å². The van der Waals surface area contributed by atoms with Crippen LogP contribution in [-0.4, -0.2) is 0 Å². The molecule has 0 spiro atoms. The predicted octanol–water partition coefficient (Wildman–Crippen LogP) is 0.522. The molecule has 0 N–H and O–H groups in total. The second kappa shape index (κ2) is 1.46. The van der Waals surface area contributed by atoms with Gasteiger partial charge in [-0.2, -0.15) is 0 Å². The maximum absolute atomic E-state index is 9.91. The molecule has 0 aliphatic rings. The van der Waals surface area contributed by atoms with E-state index in [1.54, 1.807) is 0 Å². The zero-order chi connectivity index (χ0) is 5.28. The van der Waals surface area contributed by atoms with Gasteiger partial charge in [-0.3, -0.25) is 0 Å². The first-order valence-corrected chi connectivity index (χ1v) is 2.01. The van der Waals surface area contributed by atoms with Gasteiger partial charge in [-0.25, -0.2) is 4.79 Å². The predicted molar refractivity (Wildman–Crippen MR) is 24.5 cm³/mol. The Bertz CT molecular complexity index is 198. The topological polar surface area (TPSA) is 43.4 Å². The second-order valence-electron chi connectivity index (χ2n) is 0.926. The minimum Gasteiger partial charge on any atom is -0.398 e. The van der Waals surface area contributed by atoms with E-state index in [2.05, 4.69) is 21.5 Å². The molecule has 1 heterocycles. The van der Waals surface area contributed by atoms with Crippen molar-refractivity contribution in [3.63, 3.8) is 0 Å². The van der Waals surface area contributed by atoms with Crippen LogP contribution in [0.15, 0.2) is 25.0 Å². The van der Waals surface area contributed by atoms with Crippen LogP contribution < -0.4 is 5.82 Å². The molecule has 1 aromatic heterocycles. The molecule has 4 heteroatoms. The molecule has 7 heavy (non-hydrogen) atoms. The molecule has 0 fully saturated rings. The molecule has 0 unspecified atom stereocenters. The largest absolute Gasteiger partial charge is 0.519 e. The van der Waals surface area contributed by atoms with Crippen LogP contribution in [0.1, 0.15) is 0 Å². The maximum Gasteiger partial charge on any atom is 0.519 e. The summed E-state index contributed by atoms with van der Waals surface area (Å²) in [6.45, 7) is 0. The normalized spacial score (nSPS) is 9.29. The summed E-state index contributed by atoms with van der Waals surface area (Å²) in [5.74, 6) is -0.718. The Labute approximate surface area is 44.3 Å². The molecule has 0 saturated carbocycles. The van der Waals surface area contributed by atoms with Crippen molar-refractivity contribution < 1.29 is 8.83 Å². The summed E-state index contributed by atoms with van der Waals surface area (Å²) in [7, 11) is 0. The van der Waals surface area contributed by atoms with Gasteiger partial charge in [0.15, 0.2) is 5.09 Å². The van der Waals surface area contributed by atoms with Crippen LogP contribution in [0.2, 0.25) is 0 Å². The van der Waals surface area contributed by atoms with Crippen molar-refractivity contribution in [2.75, 3.05) is 0 Å². The quantitative estimate of drug-likeness (QED) is 0.505. The fraction of sp³-hybridized carbons (Fsp3) is 0. The van der Waals surface area contributed by atoms with E-state index >= 15 is 0 Å². The lowest BCUT2D eigenvalue weighted by atomic mass is 11.0. The van der Waals surface area contributed by atoms with Gasteiger partial charge in [-0.15, -0.1) is 12.6 Å². The molecule has 0 saturated heterocycles. The smallest absolute Gasteiger partial charge is 0.398 e. The van der Waals surface area contributed by atoms with Gasteiger partial charge in [0, 0.05) is 0 Å². The highest BCUT2D eigenvalue weighted by Gasteiger charge is 1.89.